The van der Waals surface area contributed by atoms with Gasteiger partial charge >= 0.3 is 0 Å². The number of nitrogens with one attached hydrogen (secondary N) is 1. The van der Waals surface area contributed by atoms with Crippen molar-refractivity contribution in [2.24, 2.45) is 0 Å². The Hall–Kier alpha value is -2.20. The van der Waals surface area contributed by atoms with E-state index in [1.165, 1.54) is 0 Å². The summed E-state index contributed by atoms with van der Waals surface area (Å²) in [5, 5.41) is 3.74. The van der Waals surface area contributed by atoms with E-state index in [4.69, 9.17) is 21.1 Å². The van der Waals surface area contributed by atoms with E-state index < -0.39 is 0 Å². The Bertz CT molecular complexity index is 788. The van der Waals surface area contributed by atoms with E-state index >= 15 is 0 Å². The van der Waals surface area contributed by atoms with Gasteiger partial charge in [0.25, 0.3) is 5.91 Å². The van der Waals surface area contributed by atoms with Gasteiger partial charge in [0.1, 0.15) is 17.1 Å². The van der Waals surface area contributed by atoms with Crippen molar-refractivity contribution < 1.29 is 14.3 Å². The maximum Gasteiger partial charge on any atom is 0.258 e. The Morgan fingerprint density at radius 2 is 2.08 bits per heavy atom. The standard InChI is InChI=1S/C20H22ClNO3/c1-13-10-14(8-9-16(13)21)24-12-19(23)22-17-11-20(2,3)25-18-7-5-4-6-15(17)18/h4-10,17H,11-12H2,1-3H3,(H,22,23)/t17-/m1/s1. The van der Waals surface area contributed by atoms with Crippen molar-refractivity contribution in [2.75, 3.05) is 6.61 Å². The summed E-state index contributed by atoms with van der Waals surface area (Å²) in [6.07, 6.45) is 0.704. The first-order chi connectivity index (χ1) is 11.8. The monoisotopic (exact) mass is 359 g/mol. The molecule has 1 heterocycles. The summed E-state index contributed by atoms with van der Waals surface area (Å²) in [6.45, 7) is 5.90. The molecule has 2 aromatic carbocycles. The molecule has 0 saturated heterocycles. The number of hydrogen-bond donors (Lipinski definition) is 1. The minimum absolute atomic E-state index is 0.0406. The lowest BCUT2D eigenvalue weighted by atomic mass is 9.90. The number of carbonyl (C=O) groups excluding carboxylic acids is 1. The third-order valence-corrected chi connectivity index (χ3v) is 4.64. The van der Waals surface area contributed by atoms with Crippen molar-refractivity contribution in [3.05, 3.63) is 58.6 Å². The molecule has 0 unspecified atom stereocenters. The lowest BCUT2D eigenvalue weighted by Gasteiger charge is -2.37. The molecule has 0 bridgehead atoms. The van der Waals surface area contributed by atoms with Crippen LogP contribution < -0.4 is 14.8 Å². The highest BCUT2D eigenvalue weighted by Gasteiger charge is 2.34. The number of halogens is 1. The van der Waals surface area contributed by atoms with Crippen LogP contribution in [0.5, 0.6) is 11.5 Å². The molecule has 5 heteroatoms. The van der Waals surface area contributed by atoms with Gasteiger partial charge in [-0.2, -0.15) is 0 Å². The van der Waals surface area contributed by atoms with Gasteiger partial charge in [0.05, 0.1) is 6.04 Å². The molecule has 0 aromatic heterocycles. The highest BCUT2D eigenvalue weighted by Crippen LogP contribution is 2.39. The molecular weight excluding hydrogens is 338 g/mol. The maximum absolute atomic E-state index is 12.4. The van der Waals surface area contributed by atoms with Crippen molar-refractivity contribution in [3.63, 3.8) is 0 Å². The minimum atomic E-state index is -0.333. The molecule has 25 heavy (non-hydrogen) atoms. The number of hydrogen-bond acceptors (Lipinski definition) is 3. The number of fused-ring (bicyclic) bond motifs is 1. The second-order valence-electron chi connectivity index (χ2n) is 6.92. The Morgan fingerprint density at radius 3 is 2.84 bits per heavy atom. The van der Waals surface area contributed by atoms with Crippen molar-refractivity contribution in [1.29, 1.82) is 0 Å². The summed E-state index contributed by atoms with van der Waals surface area (Å²) in [5.41, 5.74) is 1.58. The molecule has 0 fully saturated rings. The van der Waals surface area contributed by atoms with E-state index in [9.17, 15) is 4.79 Å². The van der Waals surface area contributed by atoms with Crippen molar-refractivity contribution in [1.82, 2.24) is 5.32 Å². The Morgan fingerprint density at radius 1 is 1.32 bits per heavy atom. The van der Waals surface area contributed by atoms with E-state index in [0.29, 0.717) is 17.2 Å². The summed E-state index contributed by atoms with van der Waals surface area (Å²) in [6, 6.07) is 13.1. The predicted molar refractivity (Wildman–Crippen MR) is 98.3 cm³/mol. The highest BCUT2D eigenvalue weighted by molar-refractivity contribution is 6.31. The second-order valence-corrected chi connectivity index (χ2v) is 7.33. The second kappa shape index (κ2) is 6.96. The fourth-order valence-corrected chi connectivity index (χ4v) is 3.14. The normalized spacial score (nSPS) is 18.0. The van der Waals surface area contributed by atoms with Crippen LogP contribution in [0.2, 0.25) is 5.02 Å². The van der Waals surface area contributed by atoms with Crippen molar-refractivity contribution in [3.8, 4) is 11.5 Å². The molecule has 132 valence electrons. The zero-order valence-corrected chi connectivity index (χ0v) is 15.4. The van der Waals surface area contributed by atoms with Crippen molar-refractivity contribution in [2.45, 2.75) is 38.8 Å². The van der Waals surface area contributed by atoms with E-state index in [-0.39, 0.29) is 24.2 Å². The van der Waals surface area contributed by atoms with Gasteiger partial charge in [-0.05, 0) is 50.6 Å². The summed E-state index contributed by atoms with van der Waals surface area (Å²) < 4.78 is 11.6. The van der Waals surface area contributed by atoms with Crippen LogP contribution >= 0.6 is 11.6 Å². The molecular formula is C20H22ClNO3. The average Bonchev–Trinajstić information content (AvgIpc) is 2.55. The smallest absolute Gasteiger partial charge is 0.258 e. The fraction of sp³-hybridized carbons (Fsp3) is 0.350. The van der Waals surface area contributed by atoms with E-state index in [2.05, 4.69) is 5.32 Å². The Labute approximate surface area is 153 Å². The van der Waals surface area contributed by atoms with Crippen LogP contribution in [0, 0.1) is 6.92 Å². The third kappa shape index (κ3) is 4.26. The number of ether oxygens (including phenoxy) is 2. The van der Waals surface area contributed by atoms with Crippen LogP contribution in [-0.4, -0.2) is 18.1 Å². The first kappa shape index (κ1) is 17.6. The number of carbonyl (C=O) groups is 1. The van der Waals surface area contributed by atoms with Gasteiger partial charge in [-0.25, -0.2) is 0 Å². The molecule has 1 N–H and O–H groups in total. The zero-order chi connectivity index (χ0) is 18.0. The number of para-hydroxylation sites is 1. The molecule has 1 aliphatic rings. The van der Waals surface area contributed by atoms with Crippen LogP contribution in [0.1, 0.15) is 37.4 Å². The van der Waals surface area contributed by atoms with Crippen LogP contribution in [0.25, 0.3) is 0 Å². The largest absolute Gasteiger partial charge is 0.487 e. The molecule has 1 aliphatic heterocycles. The number of aryl methyl sites for hydroxylation is 1. The number of rotatable bonds is 4. The maximum atomic E-state index is 12.4. The van der Waals surface area contributed by atoms with Gasteiger partial charge in [-0.1, -0.05) is 29.8 Å². The lowest BCUT2D eigenvalue weighted by molar-refractivity contribution is -0.124. The topological polar surface area (TPSA) is 47.6 Å². The average molecular weight is 360 g/mol. The first-order valence-electron chi connectivity index (χ1n) is 8.30. The van der Waals surface area contributed by atoms with E-state index in [1.54, 1.807) is 12.1 Å². The fourth-order valence-electron chi connectivity index (χ4n) is 3.02. The Kier molecular flexibility index (Phi) is 4.91. The van der Waals surface area contributed by atoms with Crippen LogP contribution in [0.3, 0.4) is 0 Å². The first-order valence-corrected chi connectivity index (χ1v) is 8.68. The molecule has 1 amide bonds. The number of benzene rings is 2. The summed E-state index contributed by atoms with van der Waals surface area (Å²) >= 11 is 6.00. The Balaban J connectivity index is 1.65. The molecule has 0 radical (unpaired) electrons. The van der Waals surface area contributed by atoms with Gasteiger partial charge in [-0.15, -0.1) is 0 Å². The molecule has 0 spiro atoms. The van der Waals surface area contributed by atoms with Crippen LogP contribution in [0.15, 0.2) is 42.5 Å². The molecule has 1 atom stereocenters. The van der Waals surface area contributed by atoms with Gasteiger partial charge in [0.15, 0.2) is 6.61 Å². The quantitative estimate of drug-likeness (QED) is 0.877. The van der Waals surface area contributed by atoms with E-state index in [1.807, 2.05) is 51.1 Å². The van der Waals surface area contributed by atoms with Crippen LogP contribution in [-0.2, 0) is 4.79 Å². The van der Waals surface area contributed by atoms with Crippen molar-refractivity contribution >= 4 is 17.5 Å². The molecule has 0 saturated carbocycles. The van der Waals surface area contributed by atoms with Gasteiger partial charge in [0, 0.05) is 17.0 Å². The number of amides is 1. The summed E-state index contributed by atoms with van der Waals surface area (Å²) in [4.78, 5) is 12.4. The molecule has 4 nitrogen and oxygen atoms in total. The summed E-state index contributed by atoms with van der Waals surface area (Å²) in [7, 11) is 0. The molecule has 0 aliphatic carbocycles. The van der Waals surface area contributed by atoms with E-state index in [0.717, 1.165) is 16.9 Å². The minimum Gasteiger partial charge on any atom is -0.487 e. The SMILES string of the molecule is Cc1cc(OCC(=O)N[C@@H]2CC(C)(C)Oc3ccccc32)ccc1Cl. The van der Waals surface area contributed by atoms with Gasteiger partial charge in [-0.3, -0.25) is 4.79 Å². The van der Waals surface area contributed by atoms with Gasteiger partial charge in [0.2, 0.25) is 0 Å². The van der Waals surface area contributed by atoms with Gasteiger partial charge < -0.3 is 14.8 Å². The molecule has 2 aromatic rings. The van der Waals surface area contributed by atoms with Crippen LogP contribution in [0.4, 0.5) is 0 Å². The highest BCUT2D eigenvalue weighted by atomic mass is 35.5. The lowest BCUT2D eigenvalue weighted by Crippen LogP contribution is -2.42. The molecule has 3 rings (SSSR count). The summed E-state index contributed by atoms with van der Waals surface area (Å²) in [5.74, 6) is 1.29. The predicted octanol–water partition coefficient (Wildman–Crippen LogP) is 4.45. The zero-order valence-electron chi connectivity index (χ0n) is 14.6. The third-order valence-electron chi connectivity index (χ3n) is 4.21.